The molecular weight excluding hydrogens is 300 g/mol. The lowest BCUT2D eigenvalue weighted by Gasteiger charge is -2.41. The van der Waals surface area contributed by atoms with Gasteiger partial charge in [0.15, 0.2) is 0 Å². The Kier molecular flexibility index (Phi) is 6.34. The first-order valence-electron chi connectivity index (χ1n) is 10.4. The summed E-state index contributed by atoms with van der Waals surface area (Å²) in [5.74, 6) is 1.83. The third-order valence-electron chi connectivity index (χ3n) is 6.62. The first-order valence-corrected chi connectivity index (χ1v) is 10.4. The Labute approximate surface area is 154 Å². The van der Waals surface area contributed by atoms with Crippen LogP contribution in [0.5, 0.6) is 0 Å². The highest BCUT2D eigenvalue weighted by Crippen LogP contribution is 2.47. The van der Waals surface area contributed by atoms with Crippen molar-refractivity contribution in [3.8, 4) is 0 Å². The van der Waals surface area contributed by atoms with E-state index in [9.17, 15) is 0 Å². The van der Waals surface area contributed by atoms with Gasteiger partial charge >= 0.3 is 0 Å². The van der Waals surface area contributed by atoms with E-state index in [0.29, 0.717) is 0 Å². The highest BCUT2D eigenvalue weighted by molar-refractivity contribution is 5.39. The third kappa shape index (κ3) is 4.35. The Bertz CT molecular complexity index is 564. The number of benzene rings is 2. The largest absolute Gasteiger partial charge is 0.0651 e. The van der Waals surface area contributed by atoms with Gasteiger partial charge in [-0.1, -0.05) is 100 Å². The second kappa shape index (κ2) is 8.70. The summed E-state index contributed by atoms with van der Waals surface area (Å²) < 4.78 is 0. The first-order chi connectivity index (χ1) is 12.2. The fraction of sp³-hybridized carbons (Fsp3) is 0.520. The van der Waals surface area contributed by atoms with E-state index in [1.807, 2.05) is 0 Å². The van der Waals surface area contributed by atoms with Crippen LogP contribution in [0.15, 0.2) is 60.7 Å². The molecule has 3 rings (SSSR count). The summed E-state index contributed by atoms with van der Waals surface area (Å²) in [5.41, 5.74) is 3.26. The average molecular weight is 335 g/mol. The molecule has 0 amide bonds. The molecule has 0 aliphatic heterocycles. The molecule has 0 saturated heterocycles. The maximum absolute atomic E-state index is 2.40. The Hall–Kier alpha value is -1.56. The van der Waals surface area contributed by atoms with Crippen LogP contribution in [0, 0.1) is 11.8 Å². The number of hydrogen-bond acceptors (Lipinski definition) is 0. The van der Waals surface area contributed by atoms with Gasteiger partial charge in [-0.2, -0.15) is 0 Å². The number of rotatable bonds is 7. The van der Waals surface area contributed by atoms with Crippen molar-refractivity contribution in [2.45, 2.75) is 70.6 Å². The van der Waals surface area contributed by atoms with Crippen molar-refractivity contribution >= 4 is 0 Å². The first kappa shape index (κ1) is 18.2. The van der Waals surface area contributed by atoms with E-state index in [-0.39, 0.29) is 5.41 Å². The molecule has 1 fully saturated rings. The number of hydrogen-bond donors (Lipinski definition) is 0. The summed E-state index contributed by atoms with van der Waals surface area (Å²) in [5, 5.41) is 0. The quantitative estimate of drug-likeness (QED) is 0.495. The molecule has 0 heteroatoms. The van der Waals surface area contributed by atoms with Gasteiger partial charge in [0.25, 0.3) is 0 Å². The molecule has 0 spiro atoms. The molecule has 134 valence electrons. The smallest absolute Gasteiger partial charge is 0.0203 e. The second-order valence-corrected chi connectivity index (χ2v) is 8.20. The van der Waals surface area contributed by atoms with Gasteiger partial charge < -0.3 is 0 Å². The molecule has 25 heavy (non-hydrogen) atoms. The van der Waals surface area contributed by atoms with Crippen molar-refractivity contribution < 1.29 is 0 Å². The highest BCUT2D eigenvalue weighted by atomic mass is 14.4. The Morgan fingerprint density at radius 3 is 1.88 bits per heavy atom. The minimum absolute atomic E-state index is 0.232. The molecule has 1 unspecified atom stereocenters. The standard InChI is InChI=1S/C25H34/c1-3-21(2)11-10-12-22-17-19-25(20-18-22,23-13-6-4-7-14-23)24-15-8-5-9-16-24/h4-9,13-16,21-22H,3,10-12,17-20H2,1-2H3. The molecule has 1 aliphatic carbocycles. The fourth-order valence-corrected chi connectivity index (χ4v) is 4.68. The van der Waals surface area contributed by atoms with Crippen LogP contribution < -0.4 is 0 Å². The monoisotopic (exact) mass is 334 g/mol. The zero-order valence-corrected chi connectivity index (χ0v) is 16.1. The van der Waals surface area contributed by atoms with Gasteiger partial charge in [0.1, 0.15) is 0 Å². The maximum Gasteiger partial charge on any atom is 0.0203 e. The van der Waals surface area contributed by atoms with E-state index in [1.54, 1.807) is 0 Å². The summed E-state index contributed by atoms with van der Waals surface area (Å²) >= 11 is 0. The Balaban J connectivity index is 1.70. The predicted octanol–water partition coefficient (Wildman–Crippen LogP) is 7.38. The molecule has 1 atom stereocenters. The van der Waals surface area contributed by atoms with Crippen LogP contribution in [0.25, 0.3) is 0 Å². The molecule has 0 bridgehead atoms. The van der Waals surface area contributed by atoms with E-state index >= 15 is 0 Å². The normalized spacial score (nSPS) is 18.8. The molecule has 1 saturated carbocycles. The molecule has 0 N–H and O–H groups in total. The van der Waals surface area contributed by atoms with Crippen LogP contribution in [0.4, 0.5) is 0 Å². The van der Waals surface area contributed by atoms with Gasteiger partial charge in [-0.15, -0.1) is 0 Å². The third-order valence-corrected chi connectivity index (χ3v) is 6.62. The lowest BCUT2D eigenvalue weighted by molar-refractivity contribution is 0.247. The Morgan fingerprint density at radius 2 is 1.40 bits per heavy atom. The highest BCUT2D eigenvalue weighted by Gasteiger charge is 2.37. The van der Waals surface area contributed by atoms with Gasteiger partial charge in [0, 0.05) is 5.41 Å². The lowest BCUT2D eigenvalue weighted by atomic mass is 9.62. The summed E-state index contributed by atoms with van der Waals surface area (Å²) in [7, 11) is 0. The zero-order chi connectivity index (χ0) is 17.5. The van der Waals surface area contributed by atoms with Crippen LogP contribution >= 0.6 is 0 Å². The van der Waals surface area contributed by atoms with Gasteiger partial charge in [-0.05, 0) is 48.6 Å². The van der Waals surface area contributed by atoms with Crippen LogP contribution in [0.1, 0.15) is 76.3 Å². The van der Waals surface area contributed by atoms with Crippen LogP contribution in [-0.2, 0) is 5.41 Å². The summed E-state index contributed by atoms with van der Waals surface area (Å²) in [6, 6.07) is 22.5. The van der Waals surface area contributed by atoms with E-state index in [1.165, 1.54) is 62.5 Å². The van der Waals surface area contributed by atoms with Crippen molar-refractivity contribution in [3.63, 3.8) is 0 Å². The minimum Gasteiger partial charge on any atom is -0.0651 e. The van der Waals surface area contributed by atoms with Crippen molar-refractivity contribution in [2.24, 2.45) is 11.8 Å². The fourth-order valence-electron chi connectivity index (χ4n) is 4.68. The van der Waals surface area contributed by atoms with Crippen molar-refractivity contribution in [2.75, 3.05) is 0 Å². The van der Waals surface area contributed by atoms with Gasteiger partial charge in [-0.25, -0.2) is 0 Å². The molecular formula is C25H34. The predicted molar refractivity (Wildman–Crippen MR) is 109 cm³/mol. The van der Waals surface area contributed by atoms with Gasteiger partial charge in [0.05, 0.1) is 0 Å². The van der Waals surface area contributed by atoms with Crippen LogP contribution in [0.3, 0.4) is 0 Å². The van der Waals surface area contributed by atoms with E-state index in [0.717, 1.165) is 11.8 Å². The summed E-state index contributed by atoms with van der Waals surface area (Å²) in [4.78, 5) is 0. The van der Waals surface area contributed by atoms with Gasteiger partial charge in [-0.3, -0.25) is 0 Å². The van der Waals surface area contributed by atoms with Crippen LogP contribution in [-0.4, -0.2) is 0 Å². The molecule has 0 aromatic heterocycles. The Morgan fingerprint density at radius 1 is 0.880 bits per heavy atom. The topological polar surface area (TPSA) is 0 Å². The molecule has 1 aliphatic rings. The molecule has 0 nitrogen and oxygen atoms in total. The zero-order valence-electron chi connectivity index (χ0n) is 16.1. The summed E-state index contributed by atoms with van der Waals surface area (Å²) in [6.45, 7) is 4.72. The van der Waals surface area contributed by atoms with Crippen molar-refractivity contribution in [1.29, 1.82) is 0 Å². The lowest BCUT2D eigenvalue weighted by Crippen LogP contribution is -2.33. The van der Waals surface area contributed by atoms with Crippen molar-refractivity contribution in [3.05, 3.63) is 71.8 Å². The SMILES string of the molecule is CCC(C)CCCC1CCC(c2ccccc2)(c2ccccc2)CC1. The second-order valence-electron chi connectivity index (χ2n) is 8.20. The van der Waals surface area contributed by atoms with Crippen LogP contribution in [0.2, 0.25) is 0 Å². The van der Waals surface area contributed by atoms with Crippen molar-refractivity contribution in [1.82, 2.24) is 0 Å². The molecule has 0 heterocycles. The summed E-state index contributed by atoms with van der Waals surface area (Å²) in [6.07, 6.45) is 11.0. The molecule has 2 aromatic rings. The average Bonchev–Trinajstić information content (AvgIpc) is 2.70. The maximum atomic E-state index is 2.40. The minimum atomic E-state index is 0.232. The van der Waals surface area contributed by atoms with Gasteiger partial charge in [0.2, 0.25) is 0 Å². The molecule has 0 radical (unpaired) electrons. The van der Waals surface area contributed by atoms with E-state index in [4.69, 9.17) is 0 Å². The van der Waals surface area contributed by atoms with E-state index in [2.05, 4.69) is 74.5 Å². The van der Waals surface area contributed by atoms with E-state index < -0.39 is 0 Å². The molecule has 2 aromatic carbocycles.